The Kier molecular flexibility index (Phi) is 4.18. The van der Waals surface area contributed by atoms with Crippen LogP contribution in [-0.4, -0.2) is 42.5 Å². The lowest BCUT2D eigenvalue weighted by Crippen LogP contribution is -2.20. The molecule has 0 aliphatic rings. The van der Waals surface area contributed by atoms with Gasteiger partial charge in [0.15, 0.2) is 0 Å². The first kappa shape index (κ1) is 15.1. The quantitative estimate of drug-likeness (QED) is 0.667. The van der Waals surface area contributed by atoms with Crippen molar-refractivity contribution < 1.29 is 9.53 Å². The molecule has 3 aromatic rings. The summed E-state index contributed by atoms with van der Waals surface area (Å²) >= 11 is 3.48. The molecule has 0 aliphatic carbocycles. The number of likely N-dealkylation sites (N-methyl/N-ethyl adjacent to an activating group) is 1. The van der Waals surface area contributed by atoms with Crippen LogP contribution in [0.1, 0.15) is 10.4 Å². The summed E-state index contributed by atoms with van der Waals surface area (Å²) in [6.07, 6.45) is 1.97. The Labute approximate surface area is 137 Å². The summed E-state index contributed by atoms with van der Waals surface area (Å²) in [7, 11) is 3.91. The smallest absolute Gasteiger partial charge is 0.341 e. The Balaban J connectivity index is 2.08. The number of benzene rings is 1. The highest BCUT2D eigenvalue weighted by Crippen LogP contribution is 2.28. The van der Waals surface area contributed by atoms with Crippen molar-refractivity contribution in [1.82, 2.24) is 9.30 Å². The predicted octanol–water partition coefficient (Wildman–Crippen LogP) is 3.57. The minimum absolute atomic E-state index is 0.275. The van der Waals surface area contributed by atoms with Gasteiger partial charge in [-0.15, -0.1) is 0 Å². The van der Waals surface area contributed by atoms with Gasteiger partial charge in [-0.1, -0.05) is 18.2 Å². The molecule has 0 spiro atoms. The highest BCUT2D eigenvalue weighted by molar-refractivity contribution is 9.10. The Morgan fingerprint density at radius 2 is 1.95 bits per heavy atom. The van der Waals surface area contributed by atoms with E-state index in [4.69, 9.17) is 4.74 Å². The molecule has 0 amide bonds. The number of ether oxygens (including phenoxy) is 1. The zero-order chi connectivity index (χ0) is 15.7. The lowest BCUT2D eigenvalue weighted by Gasteiger charge is -2.09. The van der Waals surface area contributed by atoms with E-state index in [9.17, 15) is 4.79 Å². The number of nitrogens with zero attached hydrogens (tertiary/aromatic N) is 2. The van der Waals surface area contributed by atoms with Gasteiger partial charge in [0.2, 0.25) is 0 Å². The predicted molar refractivity (Wildman–Crippen MR) is 91.4 cm³/mol. The number of hydrogen-bond acceptors (Lipinski definition) is 3. The minimum Gasteiger partial charge on any atom is -0.461 e. The Hall–Kier alpha value is -1.85. The van der Waals surface area contributed by atoms with Gasteiger partial charge >= 0.3 is 5.97 Å². The highest BCUT2D eigenvalue weighted by atomic mass is 79.9. The molecule has 2 aromatic heterocycles. The van der Waals surface area contributed by atoms with Gasteiger partial charge in [0.1, 0.15) is 6.61 Å². The van der Waals surface area contributed by atoms with Crippen LogP contribution in [0.3, 0.4) is 0 Å². The Morgan fingerprint density at radius 3 is 2.73 bits per heavy atom. The largest absolute Gasteiger partial charge is 0.461 e. The van der Waals surface area contributed by atoms with Crippen molar-refractivity contribution in [3.63, 3.8) is 0 Å². The third-order valence-corrected chi connectivity index (χ3v) is 4.05. The summed E-state index contributed by atoms with van der Waals surface area (Å²) < 4.78 is 8.42. The number of carbonyl (C=O) groups is 1. The molecular formula is C17H17BrN2O2. The fourth-order valence-corrected chi connectivity index (χ4v) is 2.86. The van der Waals surface area contributed by atoms with Crippen molar-refractivity contribution in [1.29, 1.82) is 0 Å². The fraction of sp³-hybridized carbons (Fsp3) is 0.235. The van der Waals surface area contributed by atoms with Gasteiger partial charge < -0.3 is 14.0 Å². The minimum atomic E-state index is -0.275. The number of esters is 1. The van der Waals surface area contributed by atoms with Gasteiger partial charge in [-0.25, -0.2) is 4.79 Å². The van der Waals surface area contributed by atoms with Crippen molar-refractivity contribution in [2.75, 3.05) is 27.2 Å². The second kappa shape index (κ2) is 6.10. The molecule has 0 atom stereocenters. The van der Waals surface area contributed by atoms with E-state index in [1.54, 1.807) is 0 Å². The van der Waals surface area contributed by atoms with E-state index in [0.29, 0.717) is 18.7 Å². The maximum absolute atomic E-state index is 12.5. The molecular weight excluding hydrogens is 344 g/mol. The van der Waals surface area contributed by atoms with Gasteiger partial charge in [-0.2, -0.15) is 0 Å². The van der Waals surface area contributed by atoms with Gasteiger partial charge in [0.25, 0.3) is 0 Å². The van der Waals surface area contributed by atoms with E-state index in [2.05, 4.69) is 15.9 Å². The number of para-hydroxylation sites is 1. The average Bonchev–Trinajstić information content (AvgIpc) is 2.80. The summed E-state index contributed by atoms with van der Waals surface area (Å²) in [6, 6.07) is 11.7. The molecule has 0 saturated heterocycles. The van der Waals surface area contributed by atoms with E-state index in [1.165, 1.54) is 0 Å². The van der Waals surface area contributed by atoms with Crippen LogP contribution in [0.2, 0.25) is 0 Å². The van der Waals surface area contributed by atoms with Crippen LogP contribution >= 0.6 is 15.9 Å². The monoisotopic (exact) mass is 360 g/mol. The normalized spacial score (nSPS) is 11.5. The zero-order valence-corrected chi connectivity index (χ0v) is 14.1. The molecule has 0 radical (unpaired) electrons. The number of halogens is 1. The van der Waals surface area contributed by atoms with E-state index >= 15 is 0 Å². The fourth-order valence-electron chi connectivity index (χ4n) is 2.52. The van der Waals surface area contributed by atoms with Crippen molar-refractivity contribution in [2.45, 2.75) is 0 Å². The van der Waals surface area contributed by atoms with E-state index in [0.717, 1.165) is 20.9 Å². The van der Waals surface area contributed by atoms with Crippen molar-refractivity contribution >= 4 is 38.3 Å². The third kappa shape index (κ3) is 2.74. The molecule has 5 heteroatoms. The molecule has 0 saturated carbocycles. The first-order chi connectivity index (χ1) is 10.6. The summed E-state index contributed by atoms with van der Waals surface area (Å²) in [5.74, 6) is -0.275. The highest BCUT2D eigenvalue weighted by Gasteiger charge is 2.19. The van der Waals surface area contributed by atoms with Crippen LogP contribution in [0, 0.1) is 0 Å². The van der Waals surface area contributed by atoms with Crippen LogP contribution in [0.5, 0.6) is 0 Å². The number of pyridine rings is 1. The summed E-state index contributed by atoms with van der Waals surface area (Å²) in [5.41, 5.74) is 2.49. The number of carbonyl (C=O) groups excluding carboxylic acids is 1. The molecule has 0 unspecified atom stereocenters. The lowest BCUT2D eigenvalue weighted by molar-refractivity contribution is 0.0486. The number of rotatable bonds is 4. The Morgan fingerprint density at radius 1 is 1.18 bits per heavy atom. The van der Waals surface area contributed by atoms with Crippen LogP contribution < -0.4 is 0 Å². The number of fused-ring (bicyclic) bond motifs is 3. The maximum Gasteiger partial charge on any atom is 0.341 e. The molecule has 2 heterocycles. The molecule has 22 heavy (non-hydrogen) atoms. The van der Waals surface area contributed by atoms with Crippen LogP contribution in [0.4, 0.5) is 0 Å². The summed E-state index contributed by atoms with van der Waals surface area (Å²) in [6.45, 7) is 1.09. The van der Waals surface area contributed by atoms with Crippen LogP contribution in [0.15, 0.2) is 47.1 Å². The van der Waals surface area contributed by atoms with Gasteiger partial charge in [0.05, 0.1) is 16.6 Å². The van der Waals surface area contributed by atoms with E-state index in [1.807, 2.05) is 66.0 Å². The first-order valence-electron chi connectivity index (χ1n) is 7.08. The number of hydrogen-bond donors (Lipinski definition) is 0. The van der Waals surface area contributed by atoms with Crippen molar-refractivity contribution in [3.05, 3.63) is 52.6 Å². The molecule has 0 aliphatic heterocycles. The van der Waals surface area contributed by atoms with Crippen molar-refractivity contribution in [3.8, 4) is 0 Å². The SMILES string of the molecule is CN(C)CCOC(=O)c1c2ccccc2n2cc(Br)ccc12. The second-order valence-corrected chi connectivity index (χ2v) is 6.35. The van der Waals surface area contributed by atoms with E-state index in [-0.39, 0.29) is 5.97 Å². The lowest BCUT2D eigenvalue weighted by atomic mass is 10.1. The molecule has 114 valence electrons. The molecule has 0 fully saturated rings. The van der Waals surface area contributed by atoms with Crippen LogP contribution in [-0.2, 0) is 4.74 Å². The van der Waals surface area contributed by atoms with Crippen molar-refractivity contribution in [2.24, 2.45) is 0 Å². The van der Waals surface area contributed by atoms with E-state index < -0.39 is 0 Å². The molecule has 0 N–H and O–H groups in total. The van der Waals surface area contributed by atoms with Gasteiger partial charge in [-0.05, 0) is 48.2 Å². The third-order valence-electron chi connectivity index (χ3n) is 3.58. The second-order valence-electron chi connectivity index (χ2n) is 5.43. The zero-order valence-electron chi connectivity index (χ0n) is 12.5. The molecule has 3 rings (SSSR count). The van der Waals surface area contributed by atoms with Gasteiger partial charge in [0, 0.05) is 22.6 Å². The topological polar surface area (TPSA) is 34.0 Å². The first-order valence-corrected chi connectivity index (χ1v) is 7.87. The molecule has 4 nitrogen and oxygen atoms in total. The average molecular weight is 361 g/mol. The van der Waals surface area contributed by atoms with Gasteiger partial charge in [-0.3, -0.25) is 0 Å². The summed E-state index contributed by atoms with van der Waals surface area (Å²) in [5, 5.41) is 0.912. The van der Waals surface area contributed by atoms with Crippen LogP contribution in [0.25, 0.3) is 16.4 Å². The summed E-state index contributed by atoms with van der Waals surface area (Å²) in [4.78, 5) is 14.5. The number of aromatic nitrogens is 1. The molecule has 0 bridgehead atoms. The molecule has 1 aromatic carbocycles. The standard InChI is InChI=1S/C17H17BrN2O2/c1-19(2)9-10-22-17(21)16-13-5-3-4-6-14(13)20-11-12(18)7-8-15(16)20/h3-8,11H,9-10H2,1-2H3. The maximum atomic E-state index is 12.5. The Bertz CT molecular complexity index is 839.